The van der Waals surface area contributed by atoms with Gasteiger partial charge in [-0.1, -0.05) is 23.8 Å². The van der Waals surface area contributed by atoms with Gasteiger partial charge in [0, 0.05) is 11.9 Å². The van der Waals surface area contributed by atoms with Gasteiger partial charge in [0.2, 0.25) is 0 Å². The molecule has 0 aliphatic rings. The van der Waals surface area contributed by atoms with Gasteiger partial charge in [-0.25, -0.2) is 9.67 Å². The highest BCUT2D eigenvalue weighted by atomic mass is 16.5. The minimum absolute atomic E-state index is 0.0793. The third-order valence-electron chi connectivity index (χ3n) is 4.59. The fourth-order valence-electron chi connectivity index (χ4n) is 3.21. The Bertz CT molecular complexity index is 1180. The number of pyridine rings is 1. The van der Waals surface area contributed by atoms with E-state index in [1.54, 1.807) is 4.68 Å². The predicted octanol–water partition coefficient (Wildman–Crippen LogP) is 4.24. The second-order valence-corrected chi connectivity index (χ2v) is 6.87. The molecule has 1 N–H and O–H groups in total. The van der Waals surface area contributed by atoms with Crippen molar-refractivity contribution in [3.8, 4) is 5.75 Å². The number of nitrogens with one attached hydrogen (secondary N) is 1. The van der Waals surface area contributed by atoms with Crippen LogP contribution in [0, 0.1) is 13.8 Å². The lowest BCUT2D eigenvalue weighted by Gasteiger charge is -2.07. The zero-order chi connectivity index (χ0) is 19.7. The summed E-state index contributed by atoms with van der Waals surface area (Å²) >= 11 is 0. The average Bonchev–Trinajstić information content (AvgIpc) is 3.01. The van der Waals surface area contributed by atoms with E-state index in [2.05, 4.69) is 16.5 Å². The van der Waals surface area contributed by atoms with Crippen molar-refractivity contribution >= 4 is 33.7 Å². The van der Waals surface area contributed by atoms with Crippen LogP contribution in [0.5, 0.6) is 5.75 Å². The van der Waals surface area contributed by atoms with Crippen molar-refractivity contribution in [2.24, 2.45) is 0 Å². The van der Waals surface area contributed by atoms with Crippen LogP contribution in [-0.2, 0) is 11.3 Å². The van der Waals surface area contributed by atoms with Crippen molar-refractivity contribution in [2.45, 2.75) is 27.3 Å². The van der Waals surface area contributed by atoms with Crippen LogP contribution >= 0.6 is 0 Å². The van der Waals surface area contributed by atoms with Gasteiger partial charge in [-0.2, -0.15) is 5.10 Å². The maximum absolute atomic E-state index is 12.4. The van der Waals surface area contributed by atoms with E-state index >= 15 is 0 Å². The molecule has 0 aliphatic carbocycles. The van der Waals surface area contributed by atoms with E-state index in [9.17, 15) is 4.79 Å². The quantitative estimate of drug-likeness (QED) is 0.567. The number of anilines is 1. The molecule has 6 nitrogen and oxygen atoms in total. The summed E-state index contributed by atoms with van der Waals surface area (Å²) in [4.78, 5) is 17.2. The predicted molar refractivity (Wildman–Crippen MR) is 111 cm³/mol. The Balaban J connectivity index is 1.61. The molecule has 4 aromatic rings. The highest BCUT2D eigenvalue weighted by Gasteiger charge is 2.15. The summed E-state index contributed by atoms with van der Waals surface area (Å²) in [5.74, 6) is 0.918. The van der Waals surface area contributed by atoms with Crippen LogP contribution in [0.2, 0.25) is 0 Å². The summed E-state index contributed by atoms with van der Waals surface area (Å²) in [6.07, 6.45) is 0. The van der Waals surface area contributed by atoms with Gasteiger partial charge in [0.1, 0.15) is 5.75 Å². The Morgan fingerprint density at radius 3 is 2.71 bits per heavy atom. The van der Waals surface area contributed by atoms with E-state index < -0.39 is 0 Å². The fraction of sp³-hybridized carbons (Fsp3) is 0.227. The number of amides is 1. The standard InChI is InChI=1S/C22H22N4O2/c1-4-26-22-18(12-16-10-15(3)8-9-19(16)23-22)21(25-26)24-20(27)13-28-17-7-5-6-14(2)11-17/h5-12H,4,13H2,1-3H3,(H,24,25,27). The monoisotopic (exact) mass is 374 g/mol. The van der Waals surface area contributed by atoms with E-state index in [4.69, 9.17) is 9.72 Å². The Kier molecular flexibility index (Phi) is 4.69. The number of carbonyl (C=O) groups is 1. The van der Waals surface area contributed by atoms with Gasteiger partial charge in [-0.15, -0.1) is 0 Å². The number of aromatic nitrogens is 3. The smallest absolute Gasteiger partial charge is 0.263 e. The van der Waals surface area contributed by atoms with Crippen molar-refractivity contribution in [1.29, 1.82) is 0 Å². The number of hydrogen-bond donors (Lipinski definition) is 1. The van der Waals surface area contributed by atoms with Crippen molar-refractivity contribution in [3.63, 3.8) is 0 Å². The van der Waals surface area contributed by atoms with Gasteiger partial charge < -0.3 is 10.1 Å². The molecule has 2 heterocycles. The van der Waals surface area contributed by atoms with Crippen molar-refractivity contribution in [1.82, 2.24) is 14.8 Å². The van der Waals surface area contributed by atoms with E-state index in [1.807, 2.05) is 63.2 Å². The first-order valence-corrected chi connectivity index (χ1v) is 9.30. The van der Waals surface area contributed by atoms with E-state index in [1.165, 1.54) is 0 Å². The molecule has 6 heteroatoms. The zero-order valence-electron chi connectivity index (χ0n) is 16.2. The number of aryl methyl sites for hydroxylation is 3. The highest BCUT2D eigenvalue weighted by Crippen LogP contribution is 2.26. The maximum Gasteiger partial charge on any atom is 0.263 e. The van der Waals surface area contributed by atoms with E-state index in [0.717, 1.165) is 33.1 Å². The van der Waals surface area contributed by atoms with Gasteiger partial charge in [-0.05, 0) is 56.7 Å². The first-order valence-electron chi connectivity index (χ1n) is 9.30. The lowest BCUT2D eigenvalue weighted by atomic mass is 10.1. The Morgan fingerprint density at radius 2 is 1.93 bits per heavy atom. The largest absolute Gasteiger partial charge is 0.484 e. The Hall–Kier alpha value is -3.41. The van der Waals surface area contributed by atoms with Crippen molar-refractivity contribution in [2.75, 3.05) is 11.9 Å². The second kappa shape index (κ2) is 7.31. The molecule has 0 aliphatic heterocycles. The molecule has 4 rings (SSSR count). The van der Waals surface area contributed by atoms with Crippen LogP contribution in [0.15, 0.2) is 48.5 Å². The molecular weight excluding hydrogens is 352 g/mol. The molecule has 28 heavy (non-hydrogen) atoms. The second-order valence-electron chi connectivity index (χ2n) is 6.87. The number of carbonyl (C=O) groups excluding carboxylic acids is 1. The molecule has 0 bridgehead atoms. The number of hydrogen-bond acceptors (Lipinski definition) is 4. The lowest BCUT2D eigenvalue weighted by Crippen LogP contribution is -2.20. The summed E-state index contributed by atoms with van der Waals surface area (Å²) in [6.45, 7) is 6.61. The van der Waals surface area contributed by atoms with Crippen LogP contribution in [0.4, 0.5) is 5.82 Å². The lowest BCUT2D eigenvalue weighted by molar-refractivity contribution is -0.118. The molecule has 0 unspecified atom stereocenters. The third-order valence-corrected chi connectivity index (χ3v) is 4.59. The summed E-state index contributed by atoms with van der Waals surface area (Å²) in [5, 5.41) is 9.24. The maximum atomic E-state index is 12.4. The molecule has 0 spiro atoms. The number of rotatable bonds is 5. The Labute approximate surface area is 163 Å². The summed E-state index contributed by atoms with van der Waals surface area (Å²) < 4.78 is 7.39. The van der Waals surface area contributed by atoms with Gasteiger partial charge >= 0.3 is 0 Å². The molecule has 0 radical (unpaired) electrons. The van der Waals surface area contributed by atoms with Crippen LogP contribution in [-0.4, -0.2) is 27.3 Å². The number of ether oxygens (including phenoxy) is 1. The van der Waals surface area contributed by atoms with Crippen LogP contribution < -0.4 is 10.1 Å². The van der Waals surface area contributed by atoms with Crippen molar-refractivity contribution < 1.29 is 9.53 Å². The molecule has 0 fully saturated rings. The summed E-state index contributed by atoms with van der Waals surface area (Å²) in [5.41, 5.74) is 3.91. The number of fused-ring (bicyclic) bond motifs is 2. The molecule has 0 saturated heterocycles. The molecule has 1 amide bonds. The van der Waals surface area contributed by atoms with Crippen LogP contribution in [0.25, 0.3) is 21.9 Å². The number of nitrogens with zero attached hydrogens (tertiary/aromatic N) is 3. The summed E-state index contributed by atoms with van der Waals surface area (Å²) in [6, 6.07) is 15.8. The minimum Gasteiger partial charge on any atom is -0.484 e. The first kappa shape index (κ1) is 18.0. The van der Waals surface area contributed by atoms with Crippen molar-refractivity contribution in [3.05, 3.63) is 59.7 Å². The normalized spacial score (nSPS) is 11.1. The van der Waals surface area contributed by atoms with Crippen LogP contribution in [0.3, 0.4) is 0 Å². The topological polar surface area (TPSA) is 69.0 Å². The Morgan fingerprint density at radius 1 is 1.11 bits per heavy atom. The van der Waals surface area contributed by atoms with Gasteiger partial charge in [0.05, 0.1) is 10.9 Å². The zero-order valence-corrected chi connectivity index (χ0v) is 16.2. The third kappa shape index (κ3) is 3.53. The molecule has 0 atom stereocenters. The van der Waals surface area contributed by atoms with Gasteiger partial charge in [0.15, 0.2) is 18.1 Å². The summed E-state index contributed by atoms with van der Waals surface area (Å²) in [7, 11) is 0. The molecule has 0 saturated carbocycles. The van der Waals surface area contributed by atoms with Gasteiger partial charge in [-0.3, -0.25) is 4.79 Å². The molecular formula is C22H22N4O2. The first-order chi connectivity index (χ1) is 13.5. The van der Waals surface area contributed by atoms with E-state index in [-0.39, 0.29) is 12.5 Å². The highest BCUT2D eigenvalue weighted by molar-refractivity contribution is 6.03. The average molecular weight is 374 g/mol. The molecule has 2 aromatic carbocycles. The minimum atomic E-state index is -0.256. The van der Waals surface area contributed by atoms with Gasteiger partial charge in [0.25, 0.3) is 5.91 Å². The SMILES string of the molecule is CCn1nc(NC(=O)COc2cccc(C)c2)c2cc3cc(C)ccc3nc21. The molecule has 142 valence electrons. The van der Waals surface area contributed by atoms with E-state index in [0.29, 0.717) is 18.1 Å². The fourth-order valence-corrected chi connectivity index (χ4v) is 3.21. The number of benzene rings is 2. The van der Waals surface area contributed by atoms with Crippen LogP contribution in [0.1, 0.15) is 18.1 Å². The molecule has 2 aromatic heterocycles.